The van der Waals surface area contributed by atoms with Crippen LogP contribution in [0.1, 0.15) is 20.3 Å². The number of hydrogen-bond donors (Lipinski definition) is 1. The predicted octanol–water partition coefficient (Wildman–Crippen LogP) is 0.524. The average Bonchev–Trinajstić information content (AvgIpc) is 1.59. The van der Waals surface area contributed by atoms with Gasteiger partial charge in [-0.25, -0.2) is 10.0 Å². The van der Waals surface area contributed by atoms with Crippen molar-refractivity contribution in [3.8, 4) is 0 Å². The van der Waals surface area contributed by atoms with Gasteiger partial charge < -0.3 is 0 Å². The molecule has 0 fully saturated rings. The summed E-state index contributed by atoms with van der Waals surface area (Å²) in [5.74, 6) is 0.0263. The third-order valence-electron chi connectivity index (χ3n) is 1.24. The van der Waals surface area contributed by atoms with Gasteiger partial charge in [0, 0.05) is 6.92 Å². The van der Waals surface area contributed by atoms with Crippen molar-refractivity contribution in [3.63, 3.8) is 0 Å². The standard InChI is InChI=1S/C7H16N2O/c1-5-6-9(3,4)8-7(2)10/h5-6H2,1-4H3/p+1. The lowest BCUT2D eigenvalue weighted by atomic mass is 10.4. The molecule has 0 saturated carbocycles. The normalized spacial score (nSPS) is 11.2. The van der Waals surface area contributed by atoms with Gasteiger partial charge in [-0.1, -0.05) is 6.92 Å². The predicted molar refractivity (Wildman–Crippen MR) is 41.1 cm³/mol. The second-order valence-electron chi connectivity index (χ2n) is 3.08. The Bertz CT molecular complexity index is 121. The highest BCUT2D eigenvalue weighted by Crippen LogP contribution is 1.92. The minimum absolute atomic E-state index is 0.0263. The number of carbonyl (C=O) groups is 1. The summed E-state index contributed by atoms with van der Waals surface area (Å²) in [6.07, 6.45) is 1.08. The van der Waals surface area contributed by atoms with E-state index in [1.165, 1.54) is 6.92 Å². The molecular weight excluding hydrogens is 128 g/mol. The van der Waals surface area contributed by atoms with Gasteiger partial charge in [-0.15, -0.1) is 0 Å². The summed E-state index contributed by atoms with van der Waals surface area (Å²) in [5, 5.41) is 0. The smallest absolute Gasteiger partial charge is 0.261 e. The Labute approximate surface area is 62.6 Å². The molecule has 1 amide bonds. The fraction of sp³-hybridized carbons (Fsp3) is 0.857. The van der Waals surface area contributed by atoms with Gasteiger partial charge in [-0.2, -0.15) is 0 Å². The molecule has 3 nitrogen and oxygen atoms in total. The molecule has 10 heavy (non-hydrogen) atoms. The molecule has 60 valence electrons. The summed E-state index contributed by atoms with van der Waals surface area (Å²) >= 11 is 0. The summed E-state index contributed by atoms with van der Waals surface area (Å²) in [6, 6.07) is 0. The maximum absolute atomic E-state index is 10.6. The van der Waals surface area contributed by atoms with Crippen molar-refractivity contribution < 1.29 is 9.39 Å². The second kappa shape index (κ2) is 3.56. The molecule has 0 aliphatic rings. The van der Waals surface area contributed by atoms with Crippen LogP contribution in [-0.2, 0) is 4.79 Å². The molecule has 0 aliphatic carbocycles. The second-order valence-corrected chi connectivity index (χ2v) is 3.08. The van der Waals surface area contributed by atoms with Crippen LogP contribution >= 0.6 is 0 Å². The van der Waals surface area contributed by atoms with Crippen LogP contribution in [0.15, 0.2) is 0 Å². The Morgan fingerprint density at radius 2 is 2.00 bits per heavy atom. The maximum atomic E-state index is 10.6. The fourth-order valence-corrected chi connectivity index (χ4v) is 1.04. The Kier molecular flexibility index (Phi) is 3.36. The van der Waals surface area contributed by atoms with Gasteiger partial charge in [-0.05, 0) is 6.42 Å². The van der Waals surface area contributed by atoms with Gasteiger partial charge >= 0.3 is 0 Å². The Morgan fingerprint density at radius 1 is 1.50 bits per heavy atom. The van der Waals surface area contributed by atoms with E-state index in [-0.39, 0.29) is 5.91 Å². The molecule has 0 aliphatic heterocycles. The molecule has 0 radical (unpaired) electrons. The highest BCUT2D eigenvalue weighted by atomic mass is 16.2. The highest BCUT2D eigenvalue weighted by Gasteiger charge is 2.13. The number of hydrogen-bond acceptors (Lipinski definition) is 1. The van der Waals surface area contributed by atoms with Crippen molar-refractivity contribution >= 4 is 5.91 Å². The summed E-state index contributed by atoms with van der Waals surface area (Å²) in [5.41, 5.74) is 2.82. The number of carbonyl (C=O) groups excluding carboxylic acids is 1. The van der Waals surface area contributed by atoms with Crippen molar-refractivity contribution in [2.75, 3.05) is 20.6 Å². The molecule has 0 atom stereocenters. The van der Waals surface area contributed by atoms with E-state index >= 15 is 0 Å². The van der Waals surface area contributed by atoms with Gasteiger partial charge in [0.1, 0.15) is 6.54 Å². The highest BCUT2D eigenvalue weighted by molar-refractivity contribution is 5.71. The van der Waals surface area contributed by atoms with Gasteiger partial charge in [0.2, 0.25) is 0 Å². The molecule has 3 heteroatoms. The van der Waals surface area contributed by atoms with Gasteiger partial charge in [-0.3, -0.25) is 4.79 Å². The van der Waals surface area contributed by atoms with E-state index in [4.69, 9.17) is 0 Å². The lowest BCUT2D eigenvalue weighted by Crippen LogP contribution is -2.53. The van der Waals surface area contributed by atoms with Crippen molar-refractivity contribution in [3.05, 3.63) is 0 Å². The van der Waals surface area contributed by atoms with Crippen LogP contribution in [0.2, 0.25) is 0 Å². The average molecular weight is 145 g/mol. The monoisotopic (exact) mass is 145 g/mol. The number of nitrogens with one attached hydrogen (secondary N) is 1. The third-order valence-corrected chi connectivity index (χ3v) is 1.24. The molecule has 0 aromatic rings. The number of nitrogens with zero attached hydrogens (tertiary/aromatic N) is 1. The van der Waals surface area contributed by atoms with E-state index in [1.54, 1.807) is 0 Å². The van der Waals surface area contributed by atoms with E-state index in [1.807, 2.05) is 14.1 Å². The largest absolute Gasteiger partial charge is 0.270 e. The van der Waals surface area contributed by atoms with Gasteiger partial charge in [0.15, 0.2) is 0 Å². The minimum Gasteiger partial charge on any atom is -0.270 e. The van der Waals surface area contributed by atoms with Crippen LogP contribution < -0.4 is 5.43 Å². The first-order chi connectivity index (χ1) is 4.48. The van der Waals surface area contributed by atoms with Crippen molar-refractivity contribution in [1.29, 1.82) is 0 Å². The van der Waals surface area contributed by atoms with Crippen molar-refractivity contribution in [2.45, 2.75) is 20.3 Å². The Hall–Kier alpha value is -0.570. The topological polar surface area (TPSA) is 29.1 Å². The van der Waals surface area contributed by atoms with E-state index in [0.29, 0.717) is 4.59 Å². The first kappa shape index (κ1) is 9.43. The number of rotatable bonds is 3. The summed E-state index contributed by atoms with van der Waals surface area (Å²) in [7, 11) is 3.95. The number of quaternary nitrogens is 1. The SMILES string of the molecule is CCC[N+](C)(C)NC(C)=O. The lowest BCUT2D eigenvalue weighted by Gasteiger charge is -2.27. The third kappa shape index (κ3) is 4.32. The van der Waals surface area contributed by atoms with Crippen LogP contribution in [0.5, 0.6) is 0 Å². The van der Waals surface area contributed by atoms with E-state index in [0.717, 1.165) is 13.0 Å². The Morgan fingerprint density at radius 3 is 2.30 bits per heavy atom. The first-order valence-electron chi connectivity index (χ1n) is 3.60. The summed E-state index contributed by atoms with van der Waals surface area (Å²) in [4.78, 5) is 10.6. The minimum atomic E-state index is 0.0263. The van der Waals surface area contributed by atoms with Crippen LogP contribution in [0, 0.1) is 0 Å². The molecule has 1 N–H and O–H groups in total. The molecular formula is C7H17N2O+. The maximum Gasteiger partial charge on any atom is 0.261 e. The Balaban J connectivity index is 3.74. The molecule has 0 spiro atoms. The first-order valence-corrected chi connectivity index (χ1v) is 3.60. The quantitative estimate of drug-likeness (QED) is 0.455. The molecule has 0 heterocycles. The fourth-order valence-electron chi connectivity index (χ4n) is 1.04. The summed E-state index contributed by atoms with van der Waals surface area (Å²) < 4.78 is 0.575. The van der Waals surface area contributed by atoms with E-state index in [9.17, 15) is 4.79 Å². The van der Waals surface area contributed by atoms with Gasteiger partial charge in [0.25, 0.3) is 5.91 Å². The molecule has 0 aromatic carbocycles. The molecule has 0 aromatic heterocycles. The zero-order chi connectivity index (χ0) is 8.20. The van der Waals surface area contributed by atoms with Crippen LogP contribution in [-0.4, -0.2) is 31.1 Å². The zero-order valence-corrected chi connectivity index (χ0v) is 7.27. The molecule has 0 unspecified atom stereocenters. The van der Waals surface area contributed by atoms with E-state index < -0.39 is 0 Å². The number of amides is 1. The molecule has 0 rings (SSSR count). The van der Waals surface area contributed by atoms with Crippen molar-refractivity contribution in [1.82, 2.24) is 5.43 Å². The summed E-state index contributed by atoms with van der Waals surface area (Å²) in [6.45, 7) is 4.61. The van der Waals surface area contributed by atoms with Crippen LogP contribution in [0.4, 0.5) is 0 Å². The molecule has 0 saturated heterocycles. The van der Waals surface area contributed by atoms with Crippen molar-refractivity contribution in [2.24, 2.45) is 0 Å². The van der Waals surface area contributed by atoms with E-state index in [2.05, 4.69) is 12.3 Å². The lowest BCUT2D eigenvalue weighted by molar-refractivity contribution is -0.925. The zero-order valence-electron chi connectivity index (χ0n) is 7.27. The van der Waals surface area contributed by atoms with Crippen LogP contribution in [0.3, 0.4) is 0 Å². The van der Waals surface area contributed by atoms with Gasteiger partial charge in [0.05, 0.1) is 14.1 Å². The van der Waals surface area contributed by atoms with Crippen LogP contribution in [0.25, 0.3) is 0 Å². The molecule has 0 bridgehead atoms.